The van der Waals surface area contributed by atoms with Crippen LogP contribution in [0.25, 0.3) is 11.1 Å². The van der Waals surface area contributed by atoms with E-state index < -0.39 is 0 Å². The molecule has 0 aliphatic rings. The first-order valence-electron chi connectivity index (χ1n) is 9.50. The Balaban J connectivity index is 1.52. The fraction of sp³-hybridized carbons (Fsp3) is 0.0769. The van der Waals surface area contributed by atoms with Crippen LogP contribution in [0.3, 0.4) is 0 Å². The van der Waals surface area contributed by atoms with Crippen molar-refractivity contribution in [3.05, 3.63) is 109 Å². The third-order valence-corrected chi connectivity index (χ3v) is 5.13. The summed E-state index contributed by atoms with van der Waals surface area (Å²) < 4.78 is 0. The van der Waals surface area contributed by atoms with E-state index in [2.05, 4.69) is 121 Å². The van der Waals surface area contributed by atoms with Crippen molar-refractivity contribution in [2.75, 3.05) is 23.9 Å². The van der Waals surface area contributed by atoms with Gasteiger partial charge in [0, 0.05) is 36.8 Å². The highest BCUT2D eigenvalue weighted by Gasteiger charge is 2.06. The van der Waals surface area contributed by atoms with Crippen LogP contribution in [0.2, 0.25) is 0 Å². The molecule has 0 aliphatic heterocycles. The number of para-hydroxylation sites is 2. The summed E-state index contributed by atoms with van der Waals surface area (Å²) in [5.74, 6) is 0. The molecule has 0 radical (unpaired) electrons. The molecule has 0 unspecified atom stereocenters. The molecule has 138 valence electrons. The molecule has 4 aromatic carbocycles. The summed E-state index contributed by atoms with van der Waals surface area (Å²) in [4.78, 5) is 4.39. The Labute approximate surface area is 167 Å². The Kier molecular flexibility index (Phi) is 5.11. The Morgan fingerprint density at radius 2 is 0.643 bits per heavy atom. The van der Waals surface area contributed by atoms with Gasteiger partial charge in [0.15, 0.2) is 0 Å². The van der Waals surface area contributed by atoms with Gasteiger partial charge >= 0.3 is 0 Å². The lowest BCUT2D eigenvalue weighted by Crippen LogP contribution is -2.09. The summed E-state index contributed by atoms with van der Waals surface area (Å²) in [7, 11) is 4.19. The summed E-state index contributed by atoms with van der Waals surface area (Å²) in [5, 5.41) is 0. The van der Waals surface area contributed by atoms with E-state index in [1.54, 1.807) is 0 Å². The van der Waals surface area contributed by atoms with Crippen LogP contribution in [-0.4, -0.2) is 14.1 Å². The van der Waals surface area contributed by atoms with Crippen molar-refractivity contribution in [3.8, 4) is 11.1 Å². The number of rotatable bonds is 5. The highest BCUT2D eigenvalue weighted by molar-refractivity contribution is 5.72. The second-order valence-corrected chi connectivity index (χ2v) is 6.88. The molecule has 0 heterocycles. The minimum Gasteiger partial charge on any atom is -0.345 e. The maximum atomic E-state index is 2.20. The topological polar surface area (TPSA) is 6.48 Å². The van der Waals surface area contributed by atoms with E-state index in [-0.39, 0.29) is 0 Å². The quantitative estimate of drug-likeness (QED) is 0.380. The predicted octanol–water partition coefficient (Wildman–Crippen LogP) is 6.89. The molecule has 4 aromatic rings. The molecule has 0 fully saturated rings. The van der Waals surface area contributed by atoms with Crippen LogP contribution in [0.1, 0.15) is 0 Å². The van der Waals surface area contributed by atoms with Crippen molar-refractivity contribution in [3.63, 3.8) is 0 Å². The third kappa shape index (κ3) is 3.77. The van der Waals surface area contributed by atoms with E-state index in [0.29, 0.717) is 0 Å². The van der Waals surface area contributed by atoms with Gasteiger partial charge in [0.05, 0.1) is 0 Å². The van der Waals surface area contributed by atoms with E-state index in [1.165, 1.54) is 33.9 Å². The van der Waals surface area contributed by atoms with E-state index in [9.17, 15) is 0 Å². The zero-order valence-corrected chi connectivity index (χ0v) is 16.3. The van der Waals surface area contributed by atoms with Crippen LogP contribution in [0.4, 0.5) is 22.7 Å². The van der Waals surface area contributed by atoms with Gasteiger partial charge in [-0.3, -0.25) is 0 Å². The molecular formula is C26H24N2. The van der Waals surface area contributed by atoms with E-state index in [0.717, 1.165) is 0 Å². The fourth-order valence-corrected chi connectivity index (χ4v) is 3.36. The first-order chi connectivity index (χ1) is 13.7. The minimum absolute atomic E-state index is 1.18. The molecule has 0 saturated carbocycles. The summed E-state index contributed by atoms with van der Waals surface area (Å²) in [5.41, 5.74) is 7.16. The first-order valence-corrected chi connectivity index (χ1v) is 9.50. The molecule has 0 spiro atoms. The molecule has 0 bridgehead atoms. The van der Waals surface area contributed by atoms with Gasteiger partial charge in [-0.05, 0) is 59.7 Å². The zero-order valence-electron chi connectivity index (χ0n) is 16.3. The highest BCUT2D eigenvalue weighted by Crippen LogP contribution is 2.29. The maximum absolute atomic E-state index is 2.20. The number of anilines is 4. The van der Waals surface area contributed by atoms with Gasteiger partial charge < -0.3 is 9.80 Å². The molecule has 0 atom stereocenters. The van der Waals surface area contributed by atoms with Crippen molar-refractivity contribution < 1.29 is 0 Å². The molecule has 0 aromatic heterocycles. The largest absolute Gasteiger partial charge is 0.345 e. The smallest absolute Gasteiger partial charge is 0.0408 e. The van der Waals surface area contributed by atoms with Gasteiger partial charge in [0.1, 0.15) is 0 Å². The summed E-state index contributed by atoms with van der Waals surface area (Å²) in [6.45, 7) is 0. The Hall–Kier alpha value is -3.52. The monoisotopic (exact) mass is 364 g/mol. The van der Waals surface area contributed by atoms with Gasteiger partial charge in [-0.15, -0.1) is 0 Å². The lowest BCUT2D eigenvalue weighted by molar-refractivity contribution is 1.21. The van der Waals surface area contributed by atoms with Gasteiger partial charge in [0.25, 0.3) is 0 Å². The molecule has 0 saturated heterocycles. The average Bonchev–Trinajstić information content (AvgIpc) is 2.79. The molecule has 0 amide bonds. The third-order valence-electron chi connectivity index (χ3n) is 5.13. The molecule has 0 N–H and O–H groups in total. The molecule has 28 heavy (non-hydrogen) atoms. The molecule has 2 nitrogen and oxygen atoms in total. The lowest BCUT2D eigenvalue weighted by Gasteiger charge is -2.20. The van der Waals surface area contributed by atoms with Crippen LogP contribution in [0.5, 0.6) is 0 Å². The summed E-state index contributed by atoms with van der Waals surface area (Å²) in [6.07, 6.45) is 0. The second kappa shape index (κ2) is 8.01. The van der Waals surface area contributed by atoms with E-state index >= 15 is 0 Å². The molecular weight excluding hydrogens is 340 g/mol. The van der Waals surface area contributed by atoms with Gasteiger partial charge in [0.2, 0.25) is 0 Å². The van der Waals surface area contributed by atoms with E-state index in [4.69, 9.17) is 0 Å². The normalized spacial score (nSPS) is 10.5. The highest BCUT2D eigenvalue weighted by atomic mass is 15.1. The number of hydrogen-bond donors (Lipinski definition) is 0. The van der Waals surface area contributed by atoms with Crippen LogP contribution in [0, 0.1) is 0 Å². The van der Waals surface area contributed by atoms with Gasteiger partial charge in [-0.25, -0.2) is 0 Å². The van der Waals surface area contributed by atoms with Crippen LogP contribution in [-0.2, 0) is 0 Å². The SMILES string of the molecule is CN(c1ccccc1)c1ccc(-c2ccc(N(C)c3ccccc3)cc2)cc1. The predicted molar refractivity (Wildman–Crippen MR) is 121 cm³/mol. The second-order valence-electron chi connectivity index (χ2n) is 6.88. The fourth-order valence-electron chi connectivity index (χ4n) is 3.36. The van der Waals surface area contributed by atoms with Crippen molar-refractivity contribution >= 4 is 22.7 Å². The van der Waals surface area contributed by atoms with Crippen molar-refractivity contribution in [1.82, 2.24) is 0 Å². The summed E-state index contributed by atoms with van der Waals surface area (Å²) in [6, 6.07) is 38.3. The Bertz CT molecular complexity index is 920. The minimum atomic E-state index is 1.18. The molecule has 2 heteroatoms. The van der Waals surface area contributed by atoms with Crippen molar-refractivity contribution in [2.45, 2.75) is 0 Å². The average molecular weight is 364 g/mol. The molecule has 4 rings (SSSR count). The number of benzene rings is 4. The maximum Gasteiger partial charge on any atom is 0.0408 e. The number of hydrogen-bond acceptors (Lipinski definition) is 2. The number of nitrogens with zero attached hydrogens (tertiary/aromatic N) is 2. The van der Waals surface area contributed by atoms with Crippen LogP contribution >= 0.6 is 0 Å². The van der Waals surface area contributed by atoms with Gasteiger partial charge in [-0.1, -0.05) is 60.7 Å². The first kappa shape index (κ1) is 17.9. The van der Waals surface area contributed by atoms with Gasteiger partial charge in [-0.2, -0.15) is 0 Å². The lowest BCUT2D eigenvalue weighted by atomic mass is 10.0. The zero-order chi connectivity index (χ0) is 19.3. The standard InChI is InChI=1S/C26H24N2/c1-27(23-9-5-3-6-10-23)25-17-13-21(14-18-25)22-15-19-26(20-16-22)28(2)24-11-7-4-8-12-24/h3-20H,1-2H3. The Morgan fingerprint density at radius 1 is 0.357 bits per heavy atom. The van der Waals surface area contributed by atoms with Crippen molar-refractivity contribution in [1.29, 1.82) is 0 Å². The van der Waals surface area contributed by atoms with Crippen LogP contribution in [0.15, 0.2) is 109 Å². The van der Waals surface area contributed by atoms with Crippen LogP contribution < -0.4 is 9.80 Å². The Morgan fingerprint density at radius 3 is 0.964 bits per heavy atom. The molecule has 0 aliphatic carbocycles. The van der Waals surface area contributed by atoms with E-state index in [1.807, 2.05) is 12.1 Å². The van der Waals surface area contributed by atoms with Crippen molar-refractivity contribution in [2.24, 2.45) is 0 Å². The summed E-state index contributed by atoms with van der Waals surface area (Å²) >= 11 is 0.